The van der Waals surface area contributed by atoms with Gasteiger partial charge in [-0.05, 0) is 23.8 Å². The van der Waals surface area contributed by atoms with Crippen molar-refractivity contribution >= 4 is 5.69 Å². The maximum atomic E-state index is 8.53. The first-order valence-electron chi connectivity index (χ1n) is 6.73. The van der Waals surface area contributed by atoms with Crippen LogP contribution in [0.5, 0.6) is 5.75 Å². The number of para-hydroxylation sites is 1. The fourth-order valence-corrected chi connectivity index (χ4v) is 2.03. The Bertz CT molecular complexity index is 620. The summed E-state index contributed by atoms with van der Waals surface area (Å²) in [7, 11) is 1.69. The molecule has 0 heterocycles. The summed E-state index contributed by atoms with van der Waals surface area (Å²) in [5.74, 6) is 0.709. The molecular formula is C17H18N2O2. The van der Waals surface area contributed by atoms with E-state index in [4.69, 9.17) is 14.7 Å². The number of hydrogen-bond acceptors (Lipinski definition) is 4. The summed E-state index contributed by atoms with van der Waals surface area (Å²) in [4.78, 5) is 0. The molecule has 2 aromatic carbocycles. The smallest absolute Gasteiger partial charge is 0.174 e. The molecule has 4 heteroatoms. The minimum absolute atomic E-state index is 0.0630. The van der Waals surface area contributed by atoms with Gasteiger partial charge in [0.15, 0.2) is 6.61 Å². The van der Waals surface area contributed by atoms with Crippen molar-refractivity contribution in [3.05, 3.63) is 59.7 Å². The summed E-state index contributed by atoms with van der Waals surface area (Å²) >= 11 is 0. The van der Waals surface area contributed by atoms with Crippen molar-refractivity contribution in [1.29, 1.82) is 5.26 Å². The molecule has 0 fully saturated rings. The van der Waals surface area contributed by atoms with Crippen LogP contribution in [0.15, 0.2) is 48.5 Å². The minimum Gasteiger partial charge on any atom is -0.479 e. The summed E-state index contributed by atoms with van der Waals surface area (Å²) in [5, 5.41) is 11.9. The average molecular weight is 282 g/mol. The van der Waals surface area contributed by atoms with Crippen molar-refractivity contribution in [1.82, 2.24) is 0 Å². The molecule has 108 valence electrons. The van der Waals surface area contributed by atoms with E-state index in [-0.39, 0.29) is 6.61 Å². The molecule has 0 aliphatic rings. The normalized spacial score (nSPS) is 9.90. The maximum absolute atomic E-state index is 8.53. The molecule has 1 N–H and O–H groups in total. The Morgan fingerprint density at radius 2 is 2.00 bits per heavy atom. The standard InChI is InChI=1S/C17H18N2O2/c1-20-13-15-6-2-3-8-17(15)19-12-14-5-4-7-16(11-14)21-10-9-18/h2-8,11,19H,10,12-13H2,1H3. The molecule has 0 amide bonds. The van der Waals surface area contributed by atoms with Crippen LogP contribution >= 0.6 is 0 Å². The predicted molar refractivity (Wildman–Crippen MR) is 82.0 cm³/mol. The van der Waals surface area contributed by atoms with E-state index in [1.54, 1.807) is 7.11 Å². The lowest BCUT2D eigenvalue weighted by molar-refractivity contribution is 0.185. The molecule has 0 unspecified atom stereocenters. The number of rotatable bonds is 7. The summed E-state index contributed by atoms with van der Waals surface area (Å²) < 4.78 is 10.5. The molecule has 2 rings (SSSR count). The Morgan fingerprint density at radius 1 is 1.14 bits per heavy atom. The second-order valence-corrected chi connectivity index (χ2v) is 4.54. The Kier molecular flexibility index (Phi) is 5.62. The molecule has 0 aliphatic carbocycles. The van der Waals surface area contributed by atoms with Gasteiger partial charge in [0, 0.05) is 24.9 Å². The lowest BCUT2D eigenvalue weighted by atomic mass is 10.1. The van der Waals surface area contributed by atoms with Gasteiger partial charge in [-0.3, -0.25) is 0 Å². The van der Waals surface area contributed by atoms with Gasteiger partial charge in [-0.25, -0.2) is 0 Å². The zero-order valence-electron chi connectivity index (χ0n) is 12.0. The van der Waals surface area contributed by atoms with Crippen LogP contribution in [0.4, 0.5) is 5.69 Å². The topological polar surface area (TPSA) is 54.3 Å². The van der Waals surface area contributed by atoms with E-state index in [2.05, 4.69) is 5.32 Å². The van der Waals surface area contributed by atoms with E-state index < -0.39 is 0 Å². The molecule has 4 nitrogen and oxygen atoms in total. The van der Waals surface area contributed by atoms with Gasteiger partial charge in [0.1, 0.15) is 11.8 Å². The fourth-order valence-electron chi connectivity index (χ4n) is 2.03. The molecule has 0 saturated heterocycles. The summed E-state index contributed by atoms with van der Waals surface area (Å²) in [6, 6.07) is 17.7. The Hall–Kier alpha value is -2.51. The predicted octanol–water partition coefficient (Wildman–Crippen LogP) is 3.35. The van der Waals surface area contributed by atoms with E-state index >= 15 is 0 Å². The van der Waals surface area contributed by atoms with Crippen LogP contribution in [0.2, 0.25) is 0 Å². The third kappa shape index (κ3) is 4.51. The molecule has 0 atom stereocenters. The highest BCUT2D eigenvalue weighted by molar-refractivity contribution is 5.51. The number of nitrogens with one attached hydrogen (secondary N) is 1. The molecular weight excluding hydrogens is 264 g/mol. The number of anilines is 1. The van der Waals surface area contributed by atoms with Gasteiger partial charge in [-0.15, -0.1) is 0 Å². The van der Waals surface area contributed by atoms with E-state index in [0.717, 1.165) is 16.8 Å². The van der Waals surface area contributed by atoms with Crippen LogP contribution in [0.1, 0.15) is 11.1 Å². The third-order valence-corrected chi connectivity index (χ3v) is 3.00. The third-order valence-electron chi connectivity index (χ3n) is 3.00. The van der Waals surface area contributed by atoms with Crippen molar-refractivity contribution in [3.63, 3.8) is 0 Å². The second kappa shape index (κ2) is 7.93. The van der Waals surface area contributed by atoms with Crippen LogP contribution in [-0.2, 0) is 17.9 Å². The molecule has 0 bridgehead atoms. The van der Waals surface area contributed by atoms with Gasteiger partial charge >= 0.3 is 0 Å². The maximum Gasteiger partial charge on any atom is 0.174 e. The number of benzene rings is 2. The van der Waals surface area contributed by atoms with Crippen molar-refractivity contribution in [2.75, 3.05) is 19.0 Å². The van der Waals surface area contributed by atoms with Crippen LogP contribution in [0.3, 0.4) is 0 Å². The Morgan fingerprint density at radius 3 is 2.81 bits per heavy atom. The molecule has 2 aromatic rings. The van der Waals surface area contributed by atoms with Crippen LogP contribution < -0.4 is 10.1 Å². The first-order chi connectivity index (χ1) is 10.3. The number of hydrogen-bond donors (Lipinski definition) is 1. The largest absolute Gasteiger partial charge is 0.479 e. The number of nitrogens with zero attached hydrogens (tertiary/aromatic N) is 1. The van der Waals surface area contributed by atoms with Crippen LogP contribution in [0, 0.1) is 11.3 Å². The van der Waals surface area contributed by atoms with Gasteiger partial charge in [0.05, 0.1) is 6.61 Å². The monoisotopic (exact) mass is 282 g/mol. The highest BCUT2D eigenvalue weighted by Gasteiger charge is 2.02. The minimum atomic E-state index is 0.0630. The molecule has 0 aromatic heterocycles. The van der Waals surface area contributed by atoms with Gasteiger partial charge in [0.25, 0.3) is 0 Å². The van der Waals surface area contributed by atoms with Gasteiger partial charge in [-0.1, -0.05) is 30.3 Å². The van der Waals surface area contributed by atoms with Crippen molar-refractivity contribution in [2.45, 2.75) is 13.2 Å². The molecule has 0 radical (unpaired) electrons. The first kappa shape index (κ1) is 14.9. The lowest BCUT2D eigenvalue weighted by Crippen LogP contribution is -2.03. The zero-order valence-corrected chi connectivity index (χ0v) is 12.0. The zero-order chi connectivity index (χ0) is 14.9. The molecule has 0 saturated carbocycles. The average Bonchev–Trinajstić information content (AvgIpc) is 2.53. The SMILES string of the molecule is COCc1ccccc1NCc1cccc(OCC#N)c1. The molecule has 21 heavy (non-hydrogen) atoms. The van der Waals surface area contributed by atoms with Gasteiger partial charge in [0.2, 0.25) is 0 Å². The summed E-state index contributed by atoms with van der Waals surface area (Å²) in [5.41, 5.74) is 3.28. The number of nitriles is 1. The van der Waals surface area contributed by atoms with E-state index in [9.17, 15) is 0 Å². The summed E-state index contributed by atoms with van der Waals surface area (Å²) in [6.07, 6.45) is 0. The van der Waals surface area contributed by atoms with Gasteiger partial charge < -0.3 is 14.8 Å². The van der Waals surface area contributed by atoms with Crippen LogP contribution in [-0.4, -0.2) is 13.7 Å². The lowest BCUT2D eigenvalue weighted by Gasteiger charge is -2.12. The Labute approximate surface area is 124 Å². The van der Waals surface area contributed by atoms with E-state index in [0.29, 0.717) is 18.9 Å². The van der Waals surface area contributed by atoms with Crippen molar-refractivity contribution in [3.8, 4) is 11.8 Å². The van der Waals surface area contributed by atoms with Gasteiger partial charge in [-0.2, -0.15) is 5.26 Å². The van der Waals surface area contributed by atoms with Crippen molar-refractivity contribution in [2.24, 2.45) is 0 Å². The van der Waals surface area contributed by atoms with E-state index in [1.807, 2.05) is 54.6 Å². The second-order valence-electron chi connectivity index (χ2n) is 4.54. The number of methoxy groups -OCH3 is 1. The Balaban J connectivity index is 2.01. The fraction of sp³-hybridized carbons (Fsp3) is 0.235. The first-order valence-corrected chi connectivity index (χ1v) is 6.73. The van der Waals surface area contributed by atoms with E-state index in [1.165, 1.54) is 0 Å². The molecule has 0 spiro atoms. The number of ether oxygens (including phenoxy) is 2. The highest BCUT2D eigenvalue weighted by atomic mass is 16.5. The van der Waals surface area contributed by atoms with Crippen molar-refractivity contribution < 1.29 is 9.47 Å². The highest BCUT2D eigenvalue weighted by Crippen LogP contribution is 2.18. The summed E-state index contributed by atoms with van der Waals surface area (Å²) in [6.45, 7) is 1.33. The van der Waals surface area contributed by atoms with Crippen LogP contribution in [0.25, 0.3) is 0 Å². The quantitative estimate of drug-likeness (QED) is 0.846. The molecule has 0 aliphatic heterocycles.